The Bertz CT molecular complexity index is 236. The van der Waals surface area contributed by atoms with Crippen LogP contribution in [0.1, 0.15) is 45.2 Å². The average Bonchev–Trinajstić information content (AvgIpc) is 2.03. The molecule has 1 rings (SSSR count). The second-order valence-corrected chi connectivity index (χ2v) is 5.07. The summed E-state index contributed by atoms with van der Waals surface area (Å²) in [6.45, 7) is 13.1. The highest BCUT2D eigenvalue weighted by molar-refractivity contribution is 5.20. The molecule has 0 aliphatic carbocycles. The van der Waals surface area contributed by atoms with Crippen molar-refractivity contribution in [2.45, 2.75) is 48.0 Å². The summed E-state index contributed by atoms with van der Waals surface area (Å²) in [6.07, 6.45) is 1.27. The van der Waals surface area contributed by atoms with Crippen LogP contribution in [-0.4, -0.2) is 0 Å². The monoisotopic (exact) mass is 192 g/mol. The van der Waals surface area contributed by atoms with E-state index in [1.54, 1.807) is 0 Å². The standard InChI is InChI=1S/C8H10.C6H14/c1-7-4-3-5-8(2)6-7;1-5-6(2,3)4/h3-6H,1-2H3;5H2,1-4H3. The maximum atomic E-state index is 2.24. The van der Waals surface area contributed by atoms with Crippen molar-refractivity contribution in [2.75, 3.05) is 0 Å². The van der Waals surface area contributed by atoms with Crippen molar-refractivity contribution in [1.29, 1.82) is 0 Å². The van der Waals surface area contributed by atoms with Crippen LogP contribution in [0.15, 0.2) is 24.3 Å². The molecule has 1 aromatic rings. The molecule has 0 unspecified atom stereocenters. The second-order valence-electron chi connectivity index (χ2n) is 5.07. The van der Waals surface area contributed by atoms with E-state index in [0.29, 0.717) is 5.41 Å². The largest absolute Gasteiger partial charge is 0.0649 e. The fourth-order valence-corrected chi connectivity index (χ4v) is 0.807. The van der Waals surface area contributed by atoms with Gasteiger partial charge in [0.1, 0.15) is 0 Å². The molecule has 0 atom stereocenters. The minimum Gasteiger partial charge on any atom is -0.0649 e. The molecule has 0 radical (unpaired) electrons. The number of benzene rings is 1. The highest BCUT2D eigenvalue weighted by atomic mass is 14.1. The number of hydrogen-bond acceptors (Lipinski definition) is 0. The van der Waals surface area contributed by atoms with Gasteiger partial charge in [-0.15, -0.1) is 0 Å². The first-order valence-electron chi connectivity index (χ1n) is 5.38. The Hall–Kier alpha value is -0.780. The van der Waals surface area contributed by atoms with Crippen molar-refractivity contribution >= 4 is 0 Å². The van der Waals surface area contributed by atoms with Gasteiger partial charge in [-0.3, -0.25) is 0 Å². The number of hydrogen-bond donors (Lipinski definition) is 0. The van der Waals surface area contributed by atoms with E-state index >= 15 is 0 Å². The Morgan fingerprint density at radius 3 is 1.50 bits per heavy atom. The highest BCUT2D eigenvalue weighted by Gasteiger charge is 2.03. The maximum absolute atomic E-state index is 2.24. The molecule has 0 saturated heterocycles. The van der Waals surface area contributed by atoms with Gasteiger partial charge in [-0.05, 0) is 19.3 Å². The van der Waals surface area contributed by atoms with Crippen LogP contribution in [0.2, 0.25) is 0 Å². The first-order valence-corrected chi connectivity index (χ1v) is 5.38. The van der Waals surface area contributed by atoms with Gasteiger partial charge in [0.2, 0.25) is 0 Å². The number of aryl methyl sites for hydroxylation is 2. The van der Waals surface area contributed by atoms with Crippen molar-refractivity contribution in [2.24, 2.45) is 5.41 Å². The Morgan fingerprint density at radius 1 is 1.00 bits per heavy atom. The van der Waals surface area contributed by atoms with Crippen LogP contribution in [0.3, 0.4) is 0 Å². The molecule has 0 aromatic heterocycles. The van der Waals surface area contributed by atoms with Crippen molar-refractivity contribution in [3.8, 4) is 0 Å². The molecule has 0 N–H and O–H groups in total. The van der Waals surface area contributed by atoms with Crippen molar-refractivity contribution < 1.29 is 0 Å². The summed E-state index contributed by atoms with van der Waals surface area (Å²) in [4.78, 5) is 0. The summed E-state index contributed by atoms with van der Waals surface area (Å²) in [5.74, 6) is 0. The van der Waals surface area contributed by atoms with Crippen LogP contribution < -0.4 is 0 Å². The zero-order valence-electron chi connectivity index (χ0n) is 10.5. The Labute approximate surface area is 89.4 Å². The quantitative estimate of drug-likeness (QED) is 0.556. The van der Waals surface area contributed by atoms with Crippen molar-refractivity contribution in [3.63, 3.8) is 0 Å². The minimum absolute atomic E-state index is 0.542. The molecule has 0 heteroatoms. The molecule has 1 aromatic carbocycles. The summed E-state index contributed by atoms with van der Waals surface area (Å²) in [5.41, 5.74) is 3.22. The van der Waals surface area contributed by atoms with Gasteiger partial charge in [0, 0.05) is 0 Å². The van der Waals surface area contributed by atoms with Crippen LogP contribution in [0.25, 0.3) is 0 Å². The molecule has 14 heavy (non-hydrogen) atoms. The lowest BCUT2D eigenvalue weighted by atomic mass is 9.94. The molecule has 0 heterocycles. The van der Waals surface area contributed by atoms with Crippen LogP contribution in [0, 0.1) is 19.3 Å². The fraction of sp³-hybridized carbons (Fsp3) is 0.571. The Balaban J connectivity index is 0.000000255. The van der Waals surface area contributed by atoms with E-state index in [9.17, 15) is 0 Å². The highest BCUT2D eigenvalue weighted by Crippen LogP contribution is 2.16. The Morgan fingerprint density at radius 2 is 1.36 bits per heavy atom. The summed E-state index contributed by atoms with van der Waals surface area (Å²) in [7, 11) is 0. The minimum atomic E-state index is 0.542. The zero-order chi connectivity index (χ0) is 11.2. The molecule has 0 aliphatic heterocycles. The van der Waals surface area contributed by atoms with Gasteiger partial charge in [0.25, 0.3) is 0 Å². The molecular weight excluding hydrogens is 168 g/mol. The SMILES string of the molecule is CCC(C)(C)C.Cc1cccc(C)c1. The maximum Gasteiger partial charge on any atom is -0.0385 e. The molecule has 0 spiro atoms. The van der Waals surface area contributed by atoms with Gasteiger partial charge in [0.15, 0.2) is 0 Å². The van der Waals surface area contributed by atoms with Crippen molar-refractivity contribution in [3.05, 3.63) is 35.4 Å². The van der Waals surface area contributed by atoms with E-state index in [1.807, 2.05) is 0 Å². The van der Waals surface area contributed by atoms with E-state index in [0.717, 1.165) is 0 Å². The lowest BCUT2D eigenvalue weighted by Gasteiger charge is -2.12. The third-order valence-electron chi connectivity index (χ3n) is 2.23. The van der Waals surface area contributed by atoms with Gasteiger partial charge in [-0.2, -0.15) is 0 Å². The van der Waals surface area contributed by atoms with Crippen LogP contribution in [0.5, 0.6) is 0 Å². The lowest BCUT2D eigenvalue weighted by Crippen LogP contribution is -2.00. The van der Waals surface area contributed by atoms with E-state index in [4.69, 9.17) is 0 Å². The smallest absolute Gasteiger partial charge is 0.0385 e. The van der Waals surface area contributed by atoms with Gasteiger partial charge in [-0.1, -0.05) is 69.5 Å². The lowest BCUT2D eigenvalue weighted by molar-refractivity contribution is 0.398. The normalized spacial score (nSPS) is 10.4. The molecule has 0 bridgehead atoms. The molecule has 0 fully saturated rings. The van der Waals surface area contributed by atoms with Crippen molar-refractivity contribution in [1.82, 2.24) is 0 Å². The molecule has 0 saturated carbocycles. The summed E-state index contributed by atoms with van der Waals surface area (Å²) in [6, 6.07) is 8.45. The first kappa shape index (κ1) is 13.2. The predicted octanol–water partition coefficient (Wildman–Crippen LogP) is 4.75. The third-order valence-corrected chi connectivity index (χ3v) is 2.23. The molecular formula is C14H24. The van der Waals surface area contributed by atoms with Gasteiger partial charge in [0.05, 0.1) is 0 Å². The van der Waals surface area contributed by atoms with E-state index < -0.39 is 0 Å². The Kier molecular flexibility index (Phi) is 5.52. The zero-order valence-corrected chi connectivity index (χ0v) is 10.5. The fourth-order valence-electron chi connectivity index (χ4n) is 0.807. The molecule has 80 valence electrons. The predicted molar refractivity (Wildman–Crippen MR) is 65.7 cm³/mol. The third kappa shape index (κ3) is 7.85. The average molecular weight is 192 g/mol. The van der Waals surface area contributed by atoms with Gasteiger partial charge < -0.3 is 0 Å². The topological polar surface area (TPSA) is 0 Å². The van der Waals surface area contributed by atoms with Crippen LogP contribution in [-0.2, 0) is 0 Å². The van der Waals surface area contributed by atoms with E-state index in [2.05, 4.69) is 65.8 Å². The molecule has 0 aliphatic rings. The van der Waals surface area contributed by atoms with Gasteiger partial charge >= 0.3 is 0 Å². The molecule has 0 nitrogen and oxygen atoms in total. The molecule has 0 amide bonds. The van der Waals surface area contributed by atoms with E-state index in [-0.39, 0.29) is 0 Å². The summed E-state index contributed by atoms with van der Waals surface area (Å²) >= 11 is 0. The first-order chi connectivity index (χ1) is 6.35. The van der Waals surface area contributed by atoms with Crippen LogP contribution >= 0.6 is 0 Å². The van der Waals surface area contributed by atoms with Gasteiger partial charge in [-0.25, -0.2) is 0 Å². The summed E-state index contributed by atoms with van der Waals surface area (Å²) in [5, 5.41) is 0. The van der Waals surface area contributed by atoms with Crippen LogP contribution in [0.4, 0.5) is 0 Å². The summed E-state index contributed by atoms with van der Waals surface area (Å²) < 4.78 is 0. The van der Waals surface area contributed by atoms with E-state index in [1.165, 1.54) is 17.5 Å². The second kappa shape index (κ2) is 5.85. The number of rotatable bonds is 0.